The van der Waals surface area contributed by atoms with Crippen molar-refractivity contribution in [2.75, 3.05) is 6.61 Å². The summed E-state index contributed by atoms with van der Waals surface area (Å²) in [5.41, 5.74) is 1.82. The van der Waals surface area contributed by atoms with E-state index >= 15 is 0 Å². The SMILES string of the molecule is Cc1nc(-c2ccccc2)c(C(=O)N2C(C)CCCC2CCOC2=CCCC=C2)s1. The average Bonchev–Trinajstić information content (AvgIpc) is 3.17. The fourth-order valence-corrected chi connectivity index (χ4v) is 5.31. The second-order valence-corrected chi connectivity index (χ2v) is 9.35. The molecule has 30 heavy (non-hydrogen) atoms. The summed E-state index contributed by atoms with van der Waals surface area (Å²) in [7, 11) is 0. The van der Waals surface area contributed by atoms with E-state index in [1.807, 2.05) is 37.3 Å². The molecule has 0 saturated carbocycles. The molecule has 1 aromatic carbocycles. The minimum Gasteiger partial charge on any atom is -0.494 e. The number of benzene rings is 1. The summed E-state index contributed by atoms with van der Waals surface area (Å²) in [6.45, 7) is 4.79. The molecule has 4 rings (SSSR count). The highest BCUT2D eigenvalue weighted by atomic mass is 32.1. The standard InChI is InChI=1S/C25H30N2O2S/c1-18-10-9-13-21(16-17-29-22-14-7-4-8-15-22)27(18)25(28)24-23(26-19(2)30-24)20-11-5-3-6-12-20/h3,5-7,11-12,14-15,18,21H,4,8-10,13,16-17H2,1-2H3. The maximum absolute atomic E-state index is 13.7. The third-order valence-corrected chi connectivity index (χ3v) is 6.88. The van der Waals surface area contributed by atoms with Crippen LogP contribution in [0.4, 0.5) is 0 Å². The number of likely N-dealkylation sites (tertiary alicyclic amines) is 1. The van der Waals surface area contributed by atoms with Crippen molar-refractivity contribution in [3.63, 3.8) is 0 Å². The monoisotopic (exact) mass is 422 g/mol. The Morgan fingerprint density at radius 3 is 2.83 bits per heavy atom. The van der Waals surface area contributed by atoms with Gasteiger partial charge in [0, 0.05) is 24.1 Å². The number of hydrogen-bond acceptors (Lipinski definition) is 4. The first-order chi connectivity index (χ1) is 14.6. The Morgan fingerprint density at radius 2 is 2.07 bits per heavy atom. The lowest BCUT2D eigenvalue weighted by Gasteiger charge is -2.40. The van der Waals surface area contributed by atoms with Crippen LogP contribution in [0.25, 0.3) is 11.3 Å². The van der Waals surface area contributed by atoms with Gasteiger partial charge in [-0.1, -0.05) is 36.4 Å². The predicted molar refractivity (Wildman–Crippen MR) is 123 cm³/mol. The molecular weight excluding hydrogens is 392 g/mol. The average molecular weight is 423 g/mol. The maximum atomic E-state index is 13.7. The molecule has 2 aliphatic rings. The summed E-state index contributed by atoms with van der Waals surface area (Å²) in [4.78, 5) is 21.3. The molecule has 2 heterocycles. The second-order valence-electron chi connectivity index (χ2n) is 8.15. The minimum absolute atomic E-state index is 0.119. The van der Waals surface area contributed by atoms with E-state index in [9.17, 15) is 4.79 Å². The predicted octanol–water partition coefficient (Wildman–Crippen LogP) is 6.14. The van der Waals surface area contributed by atoms with E-state index in [4.69, 9.17) is 9.72 Å². The van der Waals surface area contributed by atoms with E-state index in [0.717, 1.165) is 65.4 Å². The topological polar surface area (TPSA) is 42.4 Å². The van der Waals surface area contributed by atoms with Gasteiger partial charge in [0.05, 0.1) is 17.3 Å². The maximum Gasteiger partial charge on any atom is 0.266 e. The van der Waals surface area contributed by atoms with Gasteiger partial charge in [-0.25, -0.2) is 4.98 Å². The molecule has 1 aromatic heterocycles. The van der Waals surface area contributed by atoms with E-state index in [1.54, 1.807) is 0 Å². The number of carbonyl (C=O) groups is 1. The van der Waals surface area contributed by atoms with Gasteiger partial charge in [0.25, 0.3) is 5.91 Å². The highest BCUT2D eigenvalue weighted by molar-refractivity contribution is 7.14. The van der Waals surface area contributed by atoms with Crippen LogP contribution in [0.15, 0.2) is 54.3 Å². The van der Waals surface area contributed by atoms with Crippen molar-refractivity contribution in [3.05, 3.63) is 64.2 Å². The number of nitrogens with zero attached hydrogens (tertiary/aromatic N) is 2. The lowest BCUT2D eigenvalue weighted by Crippen LogP contribution is -2.49. The minimum atomic E-state index is 0.119. The smallest absolute Gasteiger partial charge is 0.266 e. The van der Waals surface area contributed by atoms with Crippen molar-refractivity contribution >= 4 is 17.2 Å². The Bertz CT molecular complexity index is 932. The van der Waals surface area contributed by atoms with Crippen LogP contribution in [0.3, 0.4) is 0 Å². The molecule has 2 unspecified atom stereocenters. The lowest BCUT2D eigenvalue weighted by molar-refractivity contribution is 0.0422. The number of thiazole rings is 1. The Hall–Kier alpha value is -2.40. The highest BCUT2D eigenvalue weighted by Crippen LogP contribution is 2.33. The molecule has 0 N–H and O–H groups in total. The number of allylic oxidation sites excluding steroid dienone is 3. The number of aryl methyl sites for hydroxylation is 1. The Kier molecular flexibility index (Phi) is 6.68. The van der Waals surface area contributed by atoms with Crippen LogP contribution < -0.4 is 0 Å². The van der Waals surface area contributed by atoms with Crippen LogP contribution in [-0.2, 0) is 4.74 Å². The van der Waals surface area contributed by atoms with Crippen LogP contribution in [0.2, 0.25) is 0 Å². The third kappa shape index (κ3) is 4.67. The number of rotatable bonds is 6. The van der Waals surface area contributed by atoms with Gasteiger partial charge in [-0.2, -0.15) is 0 Å². The molecule has 158 valence electrons. The van der Waals surface area contributed by atoms with E-state index in [-0.39, 0.29) is 18.0 Å². The van der Waals surface area contributed by atoms with Gasteiger partial charge in [0.2, 0.25) is 0 Å². The van der Waals surface area contributed by atoms with Gasteiger partial charge in [0.1, 0.15) is 10.6 Å². The highest BCUT2D eigenvalue weighted by Gasteiger charge is 2.34. The Balaban J connectivity index is 1.52. The lowest BCUT2D eigenvalue weighted by atomic mass is 9.94. The van der Waals surface area contributed by atoms with Gasteiger partial charge in [-0.05, 0) is 58.1 Å². The zero-order valence-electron chi connectivity index (χ0n) is 17.8. The second kappa shape index (κ2) is 9.61. The molecule has 1 amide bonds. The molecule has 1 saturated heterocycles. The summed E-state index contributed by atoms with van der Waals surface area (Å²) in [6, 6.07) is 10.5. The molecule has 4 nitrogen and oxygen atoms in total. The van der Waals surface area contributed by atoms with Gasteiger partial charge >= 0.3 is 0 Å². The molecule has 0 bridgehead atoms. The molecule has 5 heteroatoms. The first kappa shape index (κ1) is 20.9. The van der Waals surface area contributed by atoms with E-state index in [1.165, 1.54) is 11.3 Å². The fourth-order valence-electron chi connectivity index (χ4n) is 4.43. The Labute approximate surface area is 183 Å². The van der Waals surface area contributed by atoms with Gasteiger partial charge < -0.3 is 9.64 Å². The van der Waals surface area contributed by atoms with Crippen molar-refractivity contribution in [2.45, 2.75) is 64.5 Å². The van der Waals surface area contributed by atoms with E-state index < -0.39 is 0 Å². The number of carbonyl (C=O) groups excluding carboxylic acids is 1. The van der Waals surface area contributed by atoms with Crippen LogP contribution >= 0.6 is 11.3 Å². The van der Waals surface area contributed by atoms with Gasteiger partial charge in [-0.15, -0.1) is 11.3 Å². The zero-order valence-corrected chi connectivity index (χ0v) is 18.7. The van der Waals surface area contributed by atoms with Gasteiger partial charge in [-0.3, -0.25) is 4.79 Å². The number of piperidine rings is 1. The van der Waals surface area contributed by atoms with E-state index in [2.05, 4.69) is 30.1 Å². The number of aromatic nitrogens is 1. The molecule has 0 radical (unpaired) electrons. The number of ether oxygens (including phenoxy) is 1. The molecule has 1 aliphatic heterocycles. The van der Waals surface area contributed by atoms with Crippen molar-refractivity contribution in [1.82, 2.24) is 9.88 Å². The van der Waals surface area contributed by atoms with Crippen molar-refractivity contribution < 1.29 is 9.53 Å². The van der Waals surface area contributed by atoms with Crippen LogP contribution in [0.1, 0.15) is 60.1 Å². The normalized spacial score (nSPS) is 21.4. The van der Waals surface area contributed by atoms with Crippen molar-refractivity contribution in [2.24, 2.45) is 0 Å². The largest absolute Gasteiger partial charge is 0.494 e. The zero-order chi connectivity index (χ0) is 20.9. The molecular formula is C25H30N2O2S. The molecule has 2 aromatic rings. The van der Waals surface area contributed by atoms with Crippen LogP contribution in [-0.4, -0.2) is 34.5 Å². The molecule has 1 aliphatic carbocycles. The van der Waals surface area contributed by atoms with Crippen molar-refractivity contribution in [3.8, 4) is 11.3 Å². The Morgan fingerprint density at radius 1 is 1.23 bits per heavy atom. The number of amides is 1. The summed E-state index contributed by atoms with van der Waals surface area (Å²) >= 11 is 1.51. The van der Waals surface area contributed by atoms with Crippen LogP contribution in [0.5, 0.6) is 0 Å². The first-order valence-electron chi connectivity index (χ1n) is 11.0. The summed E-state index contributed by atoms with van der Waals surface area (Å²) in [6.07, 6.45) is 12.6. The fraction of sp³-hybridized carbons (Fsp3) is 0.440. The summed E-state index contributed by atoms with van der Waals surface area (Å²) < 4.78 is 5.98. The molecule has 0 spiro atoms. The van der Waals surface area contributed by atoms with Gasteiger partial charge in [0.15, 0.2) is 0 Å². The van der Waals surface area contributed by atoms with E-state index in [0.29, 0.717) is 6.61 Å². The van der Waals surface area contributed by atoms with Crippen LogP contribution in [0, 0.1) is 6.92 Å². The third-order valence-electron chi connectivity index (χ3n) is 5.92. The summed E-state index contributed by atoms with van der Waals surface area (Å²) in [5, 5.41) is 0.928. The molecule has 1 fully saturated rings. The number of hydrogen-bond donors (Lipinski definition) is 0. The quantitative estimate of drug-likeness (QED) is 0.561. The van der Waals surface area contributed by atoms with Crippen molar-refractivity contribution in [1.29, 1.82) is 0 Å². The first-order valence-corrected chi connectivity index (χ1v) is 11.8. The summed E-state index contributed by atoms with van der Waals surface area (Å²) in [5.74, 6) is 1.08. The molecule has 2 atom stereocenters.